The van der Waals surface area contributed by atoms with Crippen LogP contribution in [0, 0.1) is 0 Å². The van der Waals surface area contributed by atoms with Gasteiger partial charge in [-0.1, -0.05) is 18.5 Å². The molecule has 3 heterocycles. The number of rotatable bonds is 6. The zero-order valence-electron chi connectivity index (χ0n) is 14.8. The topological polar surface area (TPSA) is 58.6 Å². The van der Waals surface area contributed by atoms with Crippen LogP contribution in [0.2, 0.25) is 4.34 Å². The Morgan fingerprint density at radius 1 is 1.35 bits per heavy atom. The first-order valence-corrected chi connectivity index (χ1v) is 10.5. The molecule has 8 heteroatoms. The molecule has 0 spiro atoms. The minimum absolute atomic E-state index is 0.155. The van der Waals surface area contributed by atoms with Gasteiger partial charge in [-0.3, -0.25) is 9.69 Å². The molecule has 0 fully saturated rings. The SMILES string of the molecule is CCCN1CCc2c(sc(NC(=O)Cc3ccc(Cl)s3)c2C(=O)OC)C1. The molecule has 0 saturated carbocycles. The second-order valence-corrected chi connectivity index (χ2v) is 9.06. The van der Waals surface area contributed by atoms with Crippen molar-refractivity contribution in [1.29, 1.82) is 0 Å². The van der Waals surface area contributed by atoms with Crippen LogP contribution in [0.15, 0.2) is 12.1 Å². The van der Waals surface area contributed by atoms with Crippen molar-refractivity contribution < 1.29 is 14.3 Å². The van der Waals surface area contributed by atoms with Crippen molar-refractivity contribution >= 4 is 51.2 Å². The maximum absolute atomic E-state index is 12.4. The third-order valence-corrected chi connectivity index (χ3v) is 6.65. The van der Waals surface area contributed by atoms with Gasteiger partial charge in [-0.15, -0.1) is 22.7 Å². The molecule has 5 nitrogen and oxygen atoms in total. The van der Waals surface area contributed by atoms with Gasteiger partial charge in [0.05, 0.1) is 23.4 Å². The van der Waals surface area contributed by atoms with Gasteiger partial charge in [0.15, 0.2) is 0 Å². The summed E-state index contributed by atoms with van der Waals surface area (Å²) >= 11 is 8.79. The van der Waals surface area contributed by atoms with Gasteiger partial charge in [0.2, 0.25) is 5.91 Å². The number of anilines is 1. The third-order valence-electron chi connectivity index (χ3n) is 4.28. The smallest absolute Gasteiger partial charge is 0.341 e. The van der Waals surface area contributed by atoms with Crippen molar-refractivity contribution in [2.75, 3.05) is 25.5 Å². The van der Waals surface area contributed by atoms with Crippen molar-refractivity contribution in [2.24, 2.45) is 0 Å². The number of esters is 1. The number of carbonyl (C=O) groups is 2. The molecule has 0 saturated heterocycles. The Morgan fingerprint density at radius 2 is 2.15 bits per heavy atom. The van der Waals surface area contributed by atoms with Gasteiger partial charge in [-0.05, 0) is 37.1 Å². The molecule has 1 amide bonds. The average molecular weight is 413 g/mol. The van der Waals surface area contributed by atoms with E-state index in [0.29, 0.717) is 14.9 Å². The summed E-state index contributed by atoms with van der Waals surface area (Å²) in [5.74, 6) is -0.543. The number of thiophene rings is 2. The second kappa shape index (κ2) is 8.52. The Bertz CT molecular complexity index is 815. The fraction of sp³-hybridized carbons (Fsp3) is 0.444. The van der Waals surface area contributed by atoms with Gasteiger partial charge in [0.1, 0.15) is 5.00 Å². The summed E-state index contributed by atoms with van der Waals surface area (Å²) in [6.45, 7) is 4.93. The predicted octanol–water partition coefficient (Wildman–Crippen LogP) is 4.20. The molecule has 1 N–H and O–H groups in total. The van der Waals surface area contributed by atoms with Gasteiger partial charge in [-0.25, -0.2) is 4.79 Å². The van der Waals surface area contributed by atoms with E-state index in [1.807, 2.05) is 6.07 Å². The lowest BCUT2D eigenvalue weighted by atomic mass is 10.0. The molecule has 2 aromatic heterocycles. The molecular weight excluding hydrogens is 392 g/mol. The highest BCUT2D eigenvalue weighted by Crippen LogP contribution is 2.37. The van der Waals surface area contributed by atoms with Crippen LogP contribution in [0.5, 0.6) is 0 Å². The van der Waals surface area contributed by atoms with Crippen molar-refractivity contribution in [3.63, 3.8) is 0 Å². The standard InChI is InChI=1S/C18H21ClN2O3S2/c1-3-7-21-8-6-12-13(10-21)26-17(16(12)18(23)24-2)20-15(22)9-11-4-5-14(19)25-11/h4-5H,3,6-10H2,1-2H3,(H,20,22). The van der Waals surface area contributed by atoms with Gasteiger partial charge in [0, 0.05) is 22.8 Å². The van der Waals surface area contributed by atoms with E-state index in [4.69, 9.17) is 16.3 Å². The monoisotopic (exact) mass is 412 g/mol. The highest BCUT2D eigenvalue weighted by atomic mass is 35.5. The van der Waals surface area contributed by atoms with Crippen LogP contribution in [-0.2, 0) is 28.9 Å². The molecule has 0 bridgehead atoms. The highest BCUT2D eigenvalue weighted by molar-refractivity contribution is 7.17. The first-order valence-electron chi connectivity index (χ1n) is 8.51. The van der Waals surface area contributed by atoms with Crippen molar-refractivity contribution in [3.05, 3.63) is 37.4 Å². The number of ether oxygens (including phenoxy) is 1. The normalized spacial score (nSPS) is 14.1. The summed E-state index contributed by atoms with van der Waals surface area (Å²) in [6.07, 6.45) is 2.13. The van der Waals surface area contributed by atoms with Gasteiger partial charge < -0.3 is 10.1 Å². The minimum Gasteiger partial charge on any atom is -0.465 e. The largest absolute Gasteiger partial charge is 0.465 e. The number of amides is 1. The number of carbonyl (C=O) groups excluding carboxylic acids is 2. The van der Waals surface area contributed by atoms with Crippen LogP contribution in [0.25, 0.3) is 0 Å². The summed E-state index contributed by atoms with van der Waals surface area (Å²) in [5.41, 5.74) is 1.53. The maximum Gasteiger partial charge on any atom is 0.341 e. The molecule has 1 aliphatic heterocycles. The fourth-order valence-corrected chi connectivity index (χ4v) is 5.53. The first-order chi connectivity index (χ1) is 12.5. The Morgan fingerprint density at radius 3 is 2.81 bits per heavy atom. The Labute approximate surface area is 165 Å². The number of fused-ring (bicyclic) bond motifs is 1. The molecule has 0 radical (unpaired) electrons. The first kappa shape index (κ1) is 19.4. The summed E-state index contributed by atoms with van der Waals surface area (Å²) in [5, 5.41) is 3.50. The summed E-state index contributed by atoms with van der Waals surface area (Å²) in [6, 6.07) is 3.62. The quantitative estimate of drug-likeness (QED) is 0.722. The Hall–Kier alpha value is -1.41. The second-order valence-electron chi connectivity index (χ2n) is 6.16. The van der Waals surface area contributed by atoms with Crippen molar-refractivity contribution in [1.82, 2.24) is 4.90 Å². The molecule has 0 atom stereocenters. The molecule has 0 aliphatic carbocycles. The van der Waals surface area contributed by atoms with Crippen LogP contribution in [0.4, 0.5) is 5.00 Å². The van der Waals surface area contributed by atoms with E-state index < -0.39 is 0 Å². The molecule has 140 valence electrons. The van der Waals surface area contributed by atoms with Crippen LogP contribution >= 0.6 is 34.3 Å². The molecular formula is C18H21ClN2O3S2. The van der Waals surface area contributed by atoms with Gasteiger partial charge in [-0.2, -0.15) is 0 Å². The van der Waals surface area contributed by atoms with E-state index in [1.165, 1.54) is 29.8 Å². The number of nitrogens with zero attached hydrogens (tertiary/aromatic N) is 1. The Balaban J connectivity index is 1.81. The molecule has 0 unspecified atom stereocenters. The van der Waals surface area contributed by atoms with E-state index in [-0.39, 0.29) is 18.3 Å². The molecule has 3 rings (SSSR count). The number of hydrogen-bond acceptors (Lipinski definition) is 6. The van der Waals surface area contributed by atoms with E-state index in [2.05, 4.69) is 17.1 Å². The molecule has 2 aromatic rings. The summed E-state index contributed by atoms with van der Waals surface area (Å²) in [4.78, 5) is 29.2. The lowest BCUT2D eigenvalue weighted by molar-refractivity contribution is -0.115. The number of nitrogens with one attached hydrogen (secondary N) is 1. The van der Waals surface area contributed by atoms with Crippen molar-refractivity contribution in [2.45, 2.75) is 32.7 Å². The van der Waals surface area contributed by atoms with Crippen molar-refractivity contribution in [3.8, 4) is 0 Å². The van der Waals surface area contributed by atoms with E-state index in [1.54, 1.807) is 6.07 Å². The number of halogens is 1. The minimum atomic E-state index is -0.388. The highest BCUT2D eigenvalue weighted by Gasteiger charge is 2.29. The average Bonchev–Trinajstić information content (AvgIpc) is 3.16. The van der Waals surface area contributed by atoms with Crippen LogP contribution in [0.1, 0.15) is 39.0 Å². The lowest BCUT2D eigenvalue weighted by Gasteiger charge is -2.26. The maximum atomic E-state index is 12.4. The summed E-state index contributed by atoms with van der Waals surface area (Å²) in [7, 11) is 1.37. The van der Waals surface area contributed by atoms with Crippen LogP contribution in [-0.4, -0.2) is 37.0 Å². The fourth-order valence-electron chi connectivity index (χ4n) is 3.15. The van der Waals surface area contributed by atoms with E-state index in [9.17, 15) is 9.59 Å². The number of methoxy groups -OCH3 is 1. The molecule has 0 aromatic carbocycles. The third kappa shape index (κ3) is 4.28. The molecule has 26 heavy (non-hydrogen) atoms. The van der Waals surface area contributed by atoms with Crippen LogP contribution < -0.4 is 5.32 Å². The Kier molecular flexibility index (Phi) is 6.34. The number of hydrogen-bond donors (Lipinski definition) is 1. The van der Waals surface area contributed by atoms with Crippen LogP contribution in [0.3, 0.4) is 0 Å². The molecule has 1 aliphatic rings. The predicted molar refractivity (Wildman–Crippen MR) is 107 cm³/mol. The summed E-state index contributed by atoms with van der Waals surface area (Å²) < 4.78 is 5.62. The zero-order valence-corrected chi connectivity index (χ0v) is 17.2. The van der Waals surface area contributed by atoms with E-state index >= 15 is 0 Å². The van der Waals surface area contributed by atoms with Gasteiger partial charge >= 0.3 is 5.97 Å². The zero-order chi connectivity index (χ0) is 18.7. The van der Waals surface area contributed by atoms with Gasteiger partial charge in [0.25, 0.3) is 0 Å². The lowest BCUT2D eigenvalue weighted by Crippen LogP contribution is -2.30. The van der Waals surface area contributed by atoms with E-state index in [0.717, 1.165) is 47.8 Å².